The Balaban J connectivity index is 1.47. The molecule has 5 heteroatoms. The first-order chi connectivity index (χ1) is 10.2. The van der Waals surface area contributed by atoms with Gasteiger partial charge in [-0.05, 0) is 59.9 Å². The highest BCUT2D eigenvalue weighted by Crippen LogP contribution is 2.48. The Kier molecular flexibility index (Phi) is 3.89. The van der Waals surface area contributed by atoms with E-state index >= 15 is 0 Å². The topological polar surface area (TPSA) is 45.1 Å². The smallest absolute Gasteiger partial charge is 0.0971 e. The summed E-state index contributed by atoms with van der Waals surface area (Å²) in [6.45, 7) is 1.05. The van der Waals surface area contributed by atoms with Crippen LogP contribution in [0.3, 0.4) is 0 Å². The Hall–Kier alpha value is 0.0300. The van der Waals surface area contributed by atoms with Crippen LogP contribution in [0, 0.1) is 11.8 Å². The molecule has 5 rings (SSSR count). The third kappa shape index (κ3) is 2.71. The molecule has 0 spiro atoms. The average molecular weight is 371 g/mol. The van der Waals surface area contributed by atoms with Gasteiger partial charge < -0.3 is 10.4 Å². The SMILES string of the molecule is OCC1(NCc2nc(C3CC3)sc2Br)CC2CCC1CC2. The van der Waals surface area contributed by atoms with Crippen LogP contribution in [0.5, 0.6) is 0 Å². The predicted octanol–water partition coefficient (Wildman–Crippen LogP) is 3.81. The fourth-order valence-electron chi connectivity index (χ4n) is 4.29. The van der Waals surface area contributed by atoms with Crippen molar-refractivity contribution in [2.24, 2.45) is 11.8 Å². The maximum Gasteiger partial charge on any atom is 0.0971 e. The maximum absolute atomic E-state index is 10.0. The van der Waals surface area contributed by atoms with Crippen molar-refractivity contribution >= 4 is 27.3 Å². The Morgan fingerprint density at radius 2 is 2.00 bits per heavy atom. The van der Waals surface area contributed by atoms with Crippen LogP contribution >= 0.6 is 27.3 Å². The molecule has 2 N–H and O–H groups in total. The first kappa shape index (κ1) is 14.6. The number of halogens is 1. The number of nitrogens with one attached hydrogen (secondary N) is 1. The van der Waals surface area contributed by atoms with Crippen molar-refractivity contribution in [3.8, 4) is 0 Å². The van der Waals surface area contributed by atoms with Crippen LogP contribution in [0.4, 0.5) is 0 Å². The molecule has 4 aliphatic rings. The van der Waals surface area contributed by atoms with Gasteiger partial charge in [0.2, 0.25) is 0 Å². The molecule has 1 atom stereocenters. The van der Waals surface area contributed by atoms with Gasteiger partial charge in [-0.15, -0.1) is 11.3 Å². The van der Waals surface area contributed by atoms with Gasteiger partial charge >= 0.3 is 0 Å². The van der Waals surface area contributed by atoms with Gasteiger partial charge in [-0.3, -0.25) is 0 Å². The summed E-state index contributed by atoms with van der Waals surface area (Å²) in [7, 11) is 0. The number of aliphatic hydroxyl groups is 1. The number of hydrogen-bond donors (Lipinski definition) is 2. The van der Waals surface area contributed by atoms with Crippen molar-refractivity contribution in [2.45, 2.75) is 62.9 Å². The van der Waals surface area contributed by atoms with Crippen molar-refractivity contribution in [2.75, 3.05) is 6.61 Å². The quantitative estimate of drug-likeness (QED) is 0.827. The molecule has 0 radical (unpaired) electrons. The van der Waals surface area contributed by atoms with Crippen LogP contribution in [0.2, 0.25) is 0 Å². The van der Waals surface area contributed by atoms with Crippen LogP contribution in [0.25, 0.3) is 0 Å². The zero-order chi connectivity index (χ0) is 14.4. The summed E-state index contributed by atoms with van der Waals surface area (Å²) in [6.07, 6.45) is 9.04. The molecule has 3 nitrogen and oxygen atoms in total. The molecule has 0 aromatic carbocycles. The average Bonchev–Trinajstić information content (AvgIpc) is 3.30. The Morgan fingerprint density at radius 1 is 1.24 bits per heavy atom. The summed E-state index contributed by atoms with van der Waals surface area (Å²) in [5.74, 6) is 2.18. The number of thiazole rings is 1. The summed E-state index contributed by atoms with van der Waals surface area (Å²) in [4.78, 5) is 4.81. The molecule has 0 saturated heterocycles. The lowest BCUT2D eigenvalue weighted by molar-refractivity contribution is -0.00163. The minimum Gasteiger partial charge on any atom is -0.394 e. The first-order valence-corrected chi connectivity index (χ1v) is 9.82. The van der Waals surface area contributed by atoms with Crippen molar-refractivity contribution in [1.82, 2.24) is 10.3 Å². The minimum absolute atomic E-state index is 0.0516. The largest absolute Gasteiger partial charge is 0.394 e. The van der Waals surface area contributed by atoms with E-state index in [2.05, 4.69) is 21.2 Å². The van der Waals surface area contributed by atoms with E-state index in [1.54, 1.807) is 11.3 Å². The molecule has 1 heterocycles. The summed E-state index contributed by atoms with van der Waals surface area (Å²) in [6, 6.07) is 0. The van der Waals surface area contributed by atoms with Crippen molar-refractivity contribution in [3.05, 3.63) is 14.5 Å². The molecule has 4 fully saturated rings. The van der Waals surface area contributed by atoms with Crippen LogP contribution in [0.15, 0.2) is 3.79 Å². The second kappa shape index (κ2) is 5.59. The molecule has 1 aromatic rings. The van der Waals surface area contributed by atoms with E-state index in [4.69, 9.17) is 4.98 Å². The molecule has 4 saturated carbocycles. The molecular formula is C16H23BrN2OS. The van der Waals surface area contributed by atoms with Gasteiger partial charge in [-0.25, -0.2) is 4.98 Å². The van der Waals surface area contributed by atoms with E-state index in [0.29, 0.717) is 5.92 Å². The number of hydrogen-bond acceptors (Lipinski definition) is 4. The summed E-state index contributed by atoms with van der Waals surface area (Å²) >= 11 is 5.47. The molecule has 1 aromatic heterocycles. The summed E-state index contributed by atoms with van der Waals surface area (Å²) in [5, 5.41) is 15.0. The van der Waals surface area contributed by atoms with Crippen LogP contribution < -0.4 is 5.32 Å². The van der Waals surface area contributed by atoms with Gasteiger partial charge in [0, 0.05) is 18.0 Å². The highest BCUT2D eigenvalue weighted by molar-refractivity contribution is 9.11. The van der Waals surface area contributed by atoms with E-state index in [1.807, 2.05) is 0 Å². The summed E-state index contributed by atoms with van der Waals surface area (Å²) < 4.78 is 1.17. The van der Waals surface area contributed by atoms with Crippen molar-refractivity contribution in [3.63, 3.8) is 0 Å². The van der Waals surface area contributed by atoms with Gasteiger partial charge in [-0.1, -0.05) is 12.8 Å². The van der Waals surface area contributed by atoms with Gasteiger partial charge in [0.1, 0.15) is 0 Å². The molecule has 0 amide bonds. The standard InChI is InChI=1S/C16H23BrN2OS/c17-14-13(19-15(21-14)11-3-4-11)8-18-16(9-20)7-10-1-5-12(16)6-2-10/h10-12,18,20H,1-9H2. The lowest BCUT2D eigenvalue weighted by atomic mass is 9.60. The molecule has 4 aliphatic carbocycles. The van der Waals surface area contributed by atoms with E-state index < -0.39 is 0 Å². The van der Waals surface area contributed by atoms with Crippen LogP contribution in [-0.4, -0.2) is 22.2 Å². The minimum atomic E-state index is -0.0516. The number of rotatable bonds is 5. The second-order valence-electron chi connectivity index (χ2n) is 7.14. The van der Waals surface area contributed by atoms with E-state index in [-0.39, 0.29) is 12.1 Å². The van der Waals surface area contributed by atoms with E-state index in [1.165, 1.54) is 47.3 Å². The third-order valence-electron chi connectivity index (χ3n) is 5.76. The van der Waals surface area contributed by atoms with Gasteiger partial charge in [0.15, 0.2) is 0 Å². The number of aliphatic hydroxyl groups excluding tert-OH is 1. The molecule has 0 aliphatic heterocycles. The predicted molar refractivity (Wildman–Crippen MR) is 88.5 cm³/mol. The third-order valence-corrected chi connectivity index (χ3v) is 7.76. The Morgan fingerprint density at radius 3 is 2.57 bits per heavy atom. The zero-order valence-corrected chi connectivity index (χ0v) is 14.7. The van der Waals surface area contributed by atoms with Gasteiger partial charge in [0.05, 0.1) is 21.1 Å². The van der Waals surface area contributed by atoms with Crippen LogP contribution in [-0.2, 0) is 6.54 Å². The normalized spacial score (nSPS) is 35.3. The molecule has 116 valence electrons. The number of nitrogens with zero attached hydrogens (tertiary/aromatic N) is 1. The monoisotopic (exact) mass is 370 g/mol. The van der Waals surface area contributed by atoms with Crippen molar-refractivity contribution in [1.29, 1.82) is 0 Å². The highest BCUT2D eigenvalue weighted by atomic mass is 79.9. The lowest BCUT2D eigenvalue weighted by Gasteiger charge is -2.51. The zero-order valence-electron chi connectivity index (χ0n) is 12.3. The van der Waals surface area contributed by atoms with E-state index in [9.17, 15) is 5.11 Å². The van der Waals surface area contributed by atoms with Gasteiger partial charge in [-0.2, -0.15) is 0 Å². The fraction of sp³-hybridized carbons (Fsp3) is 0.812. The maximum atomic E-state index is 10.0. The Labute approximate surface area is 138 Å². The number of fused-ring (bicyclic) bond motifs is 3. The molecular weight excluding hydrogens is 348 g/mol. The Bertz CT molecular complexity index is 522. The van der Waals surface area contributed by atoms with Gasteiger partial charge in [0.25, 0.3) is 0 Å². The van der Waals surface area contributed by atoms with E-state index in [0.717, 1.165) is 30.5 Å². The van der Waals surface area contributed by atoms with Crippen LogP contribution in [0.1, 0.15) is 61.6 Å². The number of aromatic nitrogens is 1. The first-order valence-electron chi connectivity index (χ1n) is 8.21. The molecule has 1 unspecified atom stereocenters. The highest BCUT2D eigenvalue weighted by Gasteiger charge is 2.46. The summed E-state index contributed by atoms with van der Waals surface area (Å²) in [5.41, 5.74) is 1.08. The second-order valence-corrected chi connectivity index (χ2v) is 9.48. The van der Waals surface area contributed by atoms with Crippen molar-refractivity contribution < 1.29 is 5.11 Å². The molecule has 2 bridgehead atoms. The molecule has 21 heavy (non-hydrogen) atoms. The fourth-order valence-corrected chi connectivity index (χ4v) is 6.00. The lowest BCUT2D eigenvalue weighted by Crippen LogP contribution is -2.59.